The number of anilines is 2. The van der Waals surface area contributed by atoms with E-state index in [0.717, 1.165) is 5.82 Å². The molecule has 5 nitrogen and oxygen atoms in total. The molecule has 0 spiro atoms. The number of aromatic nitrogens is 1. The van der Waals surface area contributed by atoms with Crippen LogP contribution in [-0.4, -0.2) is 43.5 Å². The zero-order valence-electron chi connectivity index (χ0n) is 9.24. The molecule has 0 unspecified atom stereocenters. The molecule has 0 aromatic carbocycles. The maximum Gasteiger partial charge on any atom is 0.241 e. The Balaban J connectivity index is 2.54. The second-order valence-electron chi connectivity index (χ2n) is 3.30. The molecule has 1 rings (SSSR count). The number of hydrogen-bond acceptors (Lipinski definition) is 4. The molecule has 1 amide bonds. The van der Waals surface area contributed by atoms with Crippen molar-refractivity contribution in [2.24, 2.45) is 0 Å². The minimum Gasteiger partial charge on any atom is -0.373 e. The van der Waals surface area contributed by atoms with Gasteiger partial charge >= 0.3 is 0 Å². The molecular weight excluding hydrogens is 192 g/mol. The van der Waals surface area contributed by atoms with Crippen LogP contribution in [0.1, 0.15) is 0 Å². The van der Waals surface area contributed by atoms with Gasteiger partial charge in [-0.3, -0.25) is 4.79 Å². The largest absolute Gasteiger partial charge is 0.373 e. The van der Waals surface area contributed by atoms with Crippen LogP contribution < -0.4 is 10.6 Å². The highest BCUT2D eigenvalue weighted by atomic mass is 16.2. The summed E-state index contributed by atoms with van der Waals surface area (Å²) < 4.78 is 0. The summed E-state index contributed by atoms with van der Waals surface area (Å²) >= 11 is 0. The summed E-state index contributed by atoms with van der Waals surface area (Å²) in [5.74, 6) is 1.49. The maximum absolute atomic E-state index is 11.3. The molecule has 15 heavy (non-hydrogen) atoms. The molecule has 0 atom stereocenters. The first-order chi connectivity index (χ1) is 7.13. The van der Waals surface area contributed by atoms with E-state index in [2.05, 4.69) is 15.6 Å². The molecule has 0 saturated carbocycles. The monoisotopic (exact) mass is 208 g/mol. The SMILES string of the molecule is CNc1cccc(NCC(=O)N(C)C)n1. The van der Waals surface area contributed by atoms with Gasteiger partial charge in [-0.05, 0) is 12.1 Å². The molecule has 1 aromatic heterocycles. The van der Waals surface area contributed by atoms with E-state index in [0.29, 0.717) is 5.82 Å². The van der Waals surface area contributed by atoms with Crippen molar-refractivity contribution in [3.63, 3.8) is 0 Å². The molecule has 0 aliphatic rings. The molecule has 0 fully saturated rings. The number of hydrogen-bond donors (Lipinski definition) is 2. The third-order valence-electron chi connectivity index (χ3n) is 1.92. The first-order valence-electron chi connectivity index (χ1n) is 4.72. The van der Waals surface area contributed by atoms with Gasteiger partial charge in [0, 0.05) is 21.1 Å². The quantitative estimate of drug-likeness (QED) is 0.761. The lowest BCUT2D eigenvalue weighted by Gasteiger charge is -2.11. The minimum absolute atomic E-state index is 0.0201. The second kappa shape index (κ2) is 5.19. The zero-order chi connectivity index (χ0) is 11.3. The van der Waals surface area contributed by atoms with Gasteiger partial charge in [0.15, 0.2) is 0 Å². The predicted molar refractivity (Wildman–Crippen MR) is 61.0 cm³/mol. The van der Waals surface area contributed by atoms with Gasteiger partial charge in [-0.25, -0.2) is 4.98 Å². The van der Waals surface area contributed by atoms with Crippen LogP contribution in [0.4, 0.5) is 11.6 Å². The fraction of sp³-hybridized carbons (Fsp3) is 0.400. The Morgan fingerprint density at radius 2 is 2.07 bits per heavy atom. The van der Waals surface area contributed by atoms with Crippen LogP contribution in [0.5, 0.6) is 0 Å². The summed E-state index contributed by atoms with van der Waals surface area (Å²) in [4.78, 5) is 17.1. The fourth-order valence-corrected chi connectivity index (χ4v) is 0.997. The Morgan fingerprint density at radius 1 is 1.40 bits per heavy atom. The van der Waals surface area contributed by atoms with Crippen molar-refractivity contribution in [3.8, 4) is 0 Å². The lowest BCUT2D eigenvalue weighted by molar-refractivity contribution is -0.126. The van der Waals surface area contributed by atoms with Crippen molar-refractivity contribution >= 4 is 17.5 Å². The van der Waals surface area contributed by atoms with E-state index in [4.69, 9.17) is 0 Å². The normalized spacial score (nSPS) is 9.53. The van der Waals surface area contributed by atoms with Crippen LogP contribution in [0, 0.1) is 0 Å². The molecule has 82 valence electrons. The highest BCUT2D eigenvalue weighted by Crippen LogP contribution is 2.07. The molecule has 1 heterocycles. The average Bonchev–Trinajstić information content (AvgIpc) is 2.26. The first-order valence-corrected chi connectivity index (χ1v) is 4.72. The van der Waals surface area contributed by atoms with Gasteiger partial charge in [0.2, 0.25) is 5.91 Å². The van der Waals surface area contributed by atoms with E-state index in [1.807, 2.05) is 18.2 Å². The van der Waals surface area contributed by atoms with Crippen molar-refractivity contribution in [3.05, 3.63) is 18.2 Å². The van der Waals surface area contributed by atoms with Gasteiger partial charge < -0.3 is 15.5 Å². The summed E-state index contributed by atoms with van der Waals surface area (Å²) in [7, 11) is 5.25. The van der Waals surface area contributed by atoms with Crippen molar-refractivity contribution in [2.45, 2.75) is 0 Å². The summed E-state index contributed by atoms with van der Waals surface area (Å²) in [6.45, 7) is 0.257. The van der Waals surface area contributed by atoms with Crippen molar-refractivity contribution in [1.29, 1.82) is 0 Å². The van der Waals surface area contributed by atoms with Crippen LogP contribution in [-0.2, 0) is 4.79 Å². The van der Waals surface area contributed by atoms with Gasteiger partial charge in [0.1, 0.15) is 11.6 Å². The van der Waals surface area contributed by atoms with Crippen LogP contribution >= 0.6 is 0 Å². The molecule has 1 aromatic rings. The van der Waals surface area contributed by atoms with Crippen LogP contribution in [0.3, 0.4) is 0 Å². The van der Waals surface area contributed by atoms with Gasteiger partial charge in [-0.2, -0.15) is 0 Å². The van der Waals surface area contributed by atoms with Crippen LogP contribution in [0.15, 0.2) is 18.2 Å². The number of likely N-dealkylation sites (N-methyl/N-ethyl adjacent to an activating group) is 1. The Kier molecular flexibility index (Phi) is 3.91. The van der Waals surface area contributed by atoms with Crippen molar-refractivity contribution in [2.75, 3.05) is 38.3 Å². The Hall–Kier alpha value is -1.78. The van der Waals surface area contributed by atoms with Gasteiger partial charge in [0.05, 0.1) is 6.54 Å². The molecule has 0 saturated heterocycles. The lowest BCUT2D eigenvalue weighted by Crippen LogP contribution is -2.28. The molecule has 0 aliphatic heterocycles. The first kappa shape index (κ1) is 11.3. The predicted octanol–water partition coefficient (Wildman–Crippen LogP) is 0.623. The summed E-state index contributed by atoms with van der Waals surface area (Å²) in [6, 6.07) is 5.56. The highest BCUT2D eigenvalue weighted by Gasteiger charge is 2.03. The average molecular weight is 208 g/mol. The van der Waals surface area contributed by atoms with Crippen LogP contribution in [0.2, 0.25) is 0 Å². The Morgan fingerprint density at radius 3 is 2.67 bits per heavy atom. The maximum atomic E-state index is 11.3. The number of carbonyl (C=O) groups is 1. The van der Waals surface area contributed by atoms with E-state index >= 15 is 0 Å². The number of carbonyl (C=O) groups excluding carboxylic acids is 1. The van der Waals surface area contributed by atoms with E-state index in [1.54, 1.807) is 21.1 Å². The molecular formula is C10H16N4O. The van der Waals surface area contributed by atoms with Crippen molar-refractivity contribution < 1.29 is 4.79 Å². The van der Waals surface area contributed by atoms with Crippen LogP contribution in [0.25, 0.3) is 0 Å². The van der Waals surface area contributed by atoms with Gasteiger partial charge in [-0.15, -0.1) is 0 Å². The summed E-state index contributed by atoms with van der Waals surface area (Å²) in [6.07, 6.45) is 0. The smallest absolute Gasteiger partial charge is 0.241 e. The third-order valence-corrected chi connectivity index (χ3v) is 1.92. The van der Waals surface area contributed by atoms with Crippen molar-refractivity contribution in [1.82, 2.24) is 9.88 Å². The van der Waals surface area contributed by atoms with E-state index < -0.39 is 0 Å². The van der Waals surface area contributed by atoms with Gasteiger partial charge in [0.25, 0.3) is 0 Å². The molecule has 0 radical (unpaired) electrons. The molecule has 0 bridgehead atoms. The minimum atomic E-state index is 0.0201. The summed E-state index contributed by atoms with van der Waals surface area (Å²) in [5.41, 5.74) is 0. The van der Waals surface area contributed by atoms with E-state index in [1.165, 1.54) is 4.90 Å². The number of nitrogens with one attached hydrogen (secondary N) is 2. The van der Waals surface area contributed by atoms with E-state index in [-0.39, 0.29) is 12.5 Å². The topological polar surface area (TPSA) is 57.3 Å². The highest BCUT2D eigenvalue weighted by molar-refractivity contribution is 5.80. The number of rotatable bonds is 4. The zero-order valence-corrected chi connectivity index (χ0v) is 9.24. The number of pyridine rings is 1. The third kappa shape index (κ3) is 3.46. The molecule has 5 heteroatoms. The summed E-state index contributed by atoms with van der Waals surface area (Å²) in [5, 5.41) is 5.89. The molecule has 0 aliphatic carbocycles. The number of amides is 1. The molecule has 2 N–H and O–H groups in total. The van der Waals surface area contributed by atoms with Gasteiger partial charge in [-0.1, -0.05) is 6.07 Å². The van der Waals surface area contributed by atoms with E-state index in [9.17, 15) is 4.79 Å². The standard InChI is InChI=1S/C10H16N4O/c1-11-8-5-4-6-9(13-8)12-7-10(15)14(2)3/h4-6H,7H2,1-3H3,(H2,11,12,13). The Bertz CT molecular complexity index is 338. The Labute approximate surface area is 89.5 Å². The lowest BCUT2D eigenvalue weighted by atomic mass is 10.4. The number of nitrogens with zero attached hydrogens (tertiary/aromatic N) is 2. The fourth-order valence-electron chi connectivity index (χ4n) is 0.997. The second-order valence-corrected chi connectivity index (χ2v) is 3.30.